The molecule has 0 aliphatic rings. The molecule has 3 rings (SSSR count). The molecule has 42 heavy (non-hydrogen) atoms. The van der Waals surface area contributed by atoms with Gasteiger partial charge in [0.05, 0.1) is 6.54 Å². The number of aliphatic carboxylic acids is 1. The second kappa shape index (κ2) is 16.9. The van der Waals surface area contributed by atoms with E-state index in [1.807, 2.05) is 49.4 Å². The van der Waals surface area contributed by atoms with Gasteiger partial charge in [-0.05, 0) is 62.3 Å². The number of carboxylic acid groups (broad SMARTS) is 1. The van der Waals surface area contributed by atoms with Crippen LogP contribution in [0.25, 0.3) is 0 Å². The zero-order chi connectivity index (χ0) is 30.4. The SMILES string of the molecule is CCCCCCCn1nc(NCCCCc2cccc(SC(C)(CCC)C(=O)O)c2)c(=O)n(Cc2ccccc2)c1=O. The minimum absolute atomic E-state index is 0.207. The molecule has 228 valence electrons. The summed E-state index contributed by atoms with van der Waals surface area (Å²) in [5, 5.41) is 17.4. The van der Waals surface area contributed by atoms with Gasteiger partial charge in [-0.2, -0.15) is 0 Å². The van der Waals surface area contributed by atoms with Gasteiger partial charge in [0.25, 0.3) is 5.56 Å². The highest BCUT2D eigenvalue weighted by Gasteiger charge is 2.33. The van der Waals surface area contributed by atoms with Crippen molar-refractivity contribution in [1.29, 1.82) is 0 Å². The van der Waals surface area contributed by atoms with Crippen LogP contribution in [0.5, 0.6) is 0 Å². The van der Waals surface area contributed by atoms with E-state index in [1.165, 1.54) is 27.4 Å². The van der Waals surface area contributed by atoms with Gasteiger partial charge in [-0.15, -0.1) is 16.9 Å². The van der Waals surface area contributed by atoms with Crippen LogP contribution in [0.3, 0.4) is 0 Å². The summed E-state index contributed by atoms with van der Waals surface area (Å²) in [5.41, 5.74) is 1.27. The lowest BCUT2D eigenvalue weighted by atomic mass is 10.1. The van der Waals surface area contributed by atoms with E-state index >= 15 is 0 Å². The molecule has 0 fully saturated rings. The molecule has 0 amide bonds. The monoisotopic (exact) mass is 594 g/mol. The Labute approximate surface area is 253 Å². The van der Waals surface area contributed by atoms with Crippen molar-refractivity contribution in [2.45, 2.75) is 108 Å². The average Bonchev–Trinajstić information content (AvgIpc) is 2.97. The number of benzene rings is 2. The molecule has 1 atom stereocenters. The van der Waals surface area contributed by atoms with Crippen LogP contribution in [0.1, 0.15) is 89.7 Å². The molecule has 2 N–H and O–H groups in total. The Kier molecular flexibility index (Phi) is 13.4. The molecule has 0 spiro atoms. The maximum atomic E-state index is 13.3. The van der Waals surface area contributed by atoms with Gasteiger partial charge in [0, 0.05) is 18.0 Å². The van der Waals surface area contributed by atoms with E-state index in [0.29, 0.717) is 19.5 Å². The zero-order valence-corrected chi connectivity index (χ0v) is 26.1. The Morgan fingerprint density at radius 1 is 0.929 bits per heavy atom. The van der Waals surface area contributed by atoms with Crippen LogP contribution >= 0.6 is 11.8 Å². The Bertz CT molecular complexity index is 1390. The Hall–Kier alpha value is -3.33. The predicted molar refractivity (Wildman–Crippen MR) is 172 cm³/mol. The number of rotatable bonds is 19. The van der Waals surface area contributed by atoms with Crippen LogP contribution in [0, 0.1) is 0 Å². The molecule has 2 aromatic carbocycles. The second-order valence-corrected chi connectivity index (χ2v) is 12.6. The van der Waals surface area contributed by atoms with Gasteiger partial charge >= 0.3 is 11.7 Å². The van der Waals surface area contributed by atoms with E-state index in [0.717, 1.165) is 67.4 Å². The topological polar surface area (TPSA) is 106 Å². The fourth-order valence-corrected chi connectivity index (χ4v) is 6.22. The fourth-order valence-electron chi connectivity index (χ4n) is 4.95. The van der Waals surface area contributed by atoms with E-state index < -0.39 is 16.3 Å². The number of hydrogen-bond acceptors (Lipinski definition) is 6. The van der Waals surface area contributed by atoms with Crippen molar-refractivity contribution in [2.24, 2.45) is 0 Å². The van der Waals surface area contributed by atoms with Gasteiger partial charge in [-0.25, -0.2) is 9.48 Å². The maximum Gasteiger partial charge on any atom is 0.347 e. The Morgan fingerprint density at radius 2 is 1.67 bits per heavy atom. The molecule has 1 unspecified atom stereocenters. The van der Waals surface area contributed by atoms with Crippen LogP contribution < -0.4 is 16.6 Å². The fraction of sp³-hybridized carbons (Fsp3) is 0.515. The summed E-state index contributed by atoms with van der Waals surface area (Å²) in [7, 11) is 0. The highest BCUT2D eigenvalue weighted by molar-refractivity contribution is 8.01. The van der Waals surface area contributed by atoms with Crippen molar-refractivity contribution in [3.63, 3.8) is 0 Å². The van der Waals surface area contributed by atoms with Crippen molar-refractivity contribution in [2.75, 3.05) is 11.9 Å². The Balaban J connectivity index is 1.63. The quantitative estimate of drug-likeness (QED) is 0.119. The second-order valence-electron chi connectivity index (χ2n) is 11.1. The van der Waals surface area contributed by atoms with Gasteiger partial charge in [0.1, 0.15) is 4.75 Å². The normalized spacial score (nSPS) is 12.6. The molecule has 1 heterocycles. The molecule has 1 aromatic heterocycles. The molecule has 0 aliphatic heterocycles. The summed E-state index contributed by atoms with van der Waals surface area (Å²) in [5.74, 6) is -0.577. The summed E-state index contributed by atoms with van der Waals surface area (Å²) in [4.78, 5) is 39.3. The molecule has 9 heteroatoms. The van der Waals surface area contributed by atoms with Crippen LogP contribution in [0.4, 0.5) is 5.82 Å². The summed E-state index contributed by atoms with van der Waals surface area (Å²) in [6.07, 6.45) is 9.29. The third-order valence-corrected chi connectivity index (χ3v) is 8.70. The summed E-state index contributed by atoms with van der Waals surface area (Å²) in [6, 6.07) is 17.6. The number of nitrogens with one attached hydrogen (secondary N) is 1. The molecule has 0 saturated carbocycles. The minimum Gasteiger partial charge on any atom is -0.480 e. The Morgan fingerprint density at radius 3 is 2.38 bits per heavy atom. The minimum atomic E-state index is -0.844. The van der Waals surface area contributed by atoms with Gasteiger partial charge in [0.2, 0.25) is 5.82 Å². The molecule has 0 bridgehead atoms. The number of carbonyl (C=O) groups is 1. The van der Waals surface area contributed by atoms with Gasteiger partial charge in [0.15, 0.2) is 0 Å². The largest absolute Gasteiger partial charge is 0.480 e. The standard InChI is InChI=1S/C33H46N4O4S/c1-4-6-7-8-14-23-37-32(41)36(25-27-17-10-9-11-18-27)30(38)29(35-37)34-22-13-12-16-26-19-15-20-28(24-26)42-33(3,21-5-2)31(39)40/h9-11,15,17-20,24H,4-8,12-14,16,21-23,25H2,1-3H3,(H,34,35)(H,39,40). The first-order valence-electron chi connectivity index (χ1n) is 15.3. The summed E-state index contributed by atoms with van der Waals surface area (Å²) in [6.45, 7) is 7.22. The van der Waals surface area contributed by atoms with Gasteiger partial charge < -0.3 is 10.4 Å². The first-order valence-corrected chi connectivity index (χ1v) is 16.1. The third kappa shape index (κ3) is 9.89. The molecule has 0 radical (unpaired) electrons. The number of nitrogens with zero attached hydrogens (tertiary/aromatic N) is 3. The van der Waals surface area contributed by atoms with E-state index in [2.05, 4.69) is 29.5 Å². The number of carboxylic acids is 1. The zero-order valence-electron chi connectivity index (χ0n) is 25.3. The van der Waals surface area contributed by atoms with Crippen molar-refractivity contribution >= 4 is 23.5 Å². The third-order valence-electron chi connectivity index (χ3n) is 7.38. The van der Waals surface area contributed by atoms with Gasteiger partial charge in [-0.1, -0.05) is 88.4 Å². The first-order chi connectivity index (χ1) is 20.3. The lowest BCUT2D eigenvalue weighted by Gasteiger charge is -2.23. The predicted octanol–water partition coefficient (Wildman–Crippen LogP) is 6.59. The lowest BCUT2D eigenvalue weighted by Crippen LogP contribution is -2.43. The smallest absolute Gasteiger partial charge is 0.347 e. The number of unbranched alkanes of at least 4 members (excludes halogenated alkanes) is 5. The molecule has 0 saturated heterocycles. The van der Waals surface area contributed by atoms with E-state index in [4.69, 9.17) is 0 Å². The van der Waals surface area contributed by atoms with Crippen molar-refractivity contribution in [1.82, 2.24) is 14.3 Å². The molecule has 8 nitrogen and oxygen atoms in total. The summed E-state index contributed by atoms with van der Waals surface area (Å²) >= 11 is 1.41. The first kappa shape index (κ1) is 33.2. The van der Waals surface area contributed by atoms with Crippen LogP contribution in [0.15, 0.2) is 69.1 Å². The number of aryl methyl sites for hydroxylation is 2. The molecule has 3 aromatic rings. The van der Waals surface area contributed by atoms with Crippen LogP contribution in [-0.2, 0) is 24.3 Å². The highest BCUT2D eigenvalue weighted by Crippen LogP contribution is 2.37. The van der Waals surface area contributed by atoms with Crippen LogP contribution in [-0.4, -0.2) is 36.7 Å². The van der Waals surface area contributed by atoms with E-state index in [1.54, 1.807) is 6.92 Å². The molecular weight excluding hydrogens is 548 g/mol. The number of aromatic nitrogens is 3. The molecule has 0 aliphatic carbocycles. The van der Waals surface area contributed by atoms with E-state index in [9.17, 15) is 19.5 Å². The number of anilines is 1. The average molecular weight is 595 g/mol. The lowest BCUT2D eigenvalue weighted by molar-refractivity contribution is -0.139. The maximum absolute atomic E-state index is 13.3. The van der Waals surface area contributed by atoms with Crippen molar-refractivity contribution < 1.29 is 9.90 Å². The molecular formula is C33H46N4O4S. The van der Waals surface area contributed by atoms with Crippen molar-refractivity contribution in [3.8, 4) is 0 Å². The van der Waals surface area contributed by atoms with Gasteiger partial charge in [-0.3, -0.25) is 14.2 Å². The number of hydrogen-bond donors (Lipinski definition) is 2. The number of thioether (sulfide) groups is 1. The van der Waals surface area contributed by atoms with Crippen LogP contribution in [0.2, 0.25) is 0 Å². The van der Waals surface area contributed by atoms with E-state index in [-0.39, 0.29) is 18.1 Å². The highest BCUT2D eigenvalue weighted by atomic mass is 32.2. The summed E-state index contributed by atoms with van der Waals surface area (Å²) < 4.78 is 1.87. The van der Waals surface area contributed by atoms with Crippen molar-refractivity contribution in [3.05, 3.63) is 86.6 Å².